The predicted octanol–water partition coefficient (Wildman–Crippen LogP) is 4.35. The Hall–Kier alpha value is -0.960. The van der Waals surface area contributed by atoms with E-state index in [9.17, 15) is 20.4 Å². The van der Waals surface area contributed by atoms with Crippen LogP contribution in [-0.4, -0.2) is 50.8 Å². The van der Waals surface area contributed by atoms with Gasteiger partial charge in [-0.15, -0.1) is 23.2 Å². The van der Waals surface area contributed by atoms with E-state index < -0.39 is 9.75 Å². The Balaban J connectivity index is 1.84. The van der Waals surface area contributed by atoms with E-state index in [0.717, 1.165) is 0 Å². The average molecular weight is 469 g/mol. The lowest BCUT2D eigenvalue weighted by atomic mass is 10.0. The molecule has 2 aromatic heterocycles. The summed E-state index contributed by atoms with van der Waals surface area (Å²) in [5, 5.41) is 39.4. The van der Waals surface area contributed by atoms with Gasteiger partial charge in [-0.3, -0.25) is 9.13 Å². The normalized spacial score (nSPS) is 16.1. The van der Waals surface area contributed by atoms with Crippen molar-refractivity contribution in [3.63, 3.8) is 0 Å². The largest absolute Gasteiger partial charge is 0.494 e. The van der Waals surface area contributed by atoms with Crippen LogP contribution >= 0.6 is 44.8 Å². The molecule has 0 saturated heterocycles. The van der Waals surface area contributed by atoms with Crippen molar-refractivity contribution >= 4 is 44.8 Å². The quantitative estimate of drug-likeness (QED) is 0.248. The van der Waals surface area contributed by atoms with Crippen LogP contribution in [0.25, 0.3) is 0 Å². The molecule has 0 saturated carbocycles. The van der Waals surface area contributed by atoms with Crippen molar-refractivity contribution < 1.29 is 20.4 Å². The first-order valence-electron chi connectivity index (χ1n) is 8.58. The third-order valence-corrected chi connectivity index (χ3v) is 8.16. The van der Waals surface area contributed by atoms with Crippen LogP contribution in [-0.2, 0) is 26.9 Å². The minimum absolute atomic E-state index is 0.00453. The van der Waals surface area contributed by atoms with E-state index in [2.05, 4.69) is 0 Å². The minimum atomic E-state index is -0.602. The average Bonchev–Trinajstić information content (AvgIpc) is 2.96. The number of aromatic nitrogens is 2. The van der Waals surface area contributed by atoms with Crippen molar-refractivity contribution in [1.82, 2.24) is 9.13 Å². The van der Waals surface area contributed by atoms with Gasteiger partial charge in [0.1, 0.15) is 0 Å². The number of halogens is 2. The molecule has 0 fully saturated rings. The van der Waals surface area contributed by atoms with Gasteiger partial charge in [-0.1, -0.05) is 21.6 Å². The van der Waals surface area contributed by atoms with Crippen LogP contribution in [0, 0.1) is 0 Å². The number of hydrogen-bond acceptors (Lipinski definition) is 6. The topological polar surface area (TPSA) is 90.8 Å². The summed E-state index contributed by atoms with van der Waals surface area (Å²) in [6.45, 7) is 3.77. The highest BCUT2D eigenvalue weighted by atomic mass is 35.5. The second kappa shape index (κ2) is 8.81. The smallest absolute Gasteiger partial charge is 0.196 e. The molecule has 0 bridgehead atoms. The molecule has 2 heterocycles. The maximum absolute atomic E-state index is 10.0. The van der Waals surface area contributed by atoms with Crippen LogP contribution < -0.4 is 0 Å². The van der Waals surface area contributed by atoms with Gasteiger partial charge in [0.25, 0.3) is 0 Å². The molecule has 0 radical (unpaired) electrons. The Kier molecular flexibility index (Phi) is 7.34. The fraction of sp³-hybridized carbons (Fsp3) is 0.556. The van der Waals surface area contributed by atoms with Gasteiger partial charge in [0.05, 0.1) is 9.75 Å². The molecule has 0 aliphatic rings. The molecule has 0 spiro atoms. The zero-order chi connectivity index (χ0) is 21.3. The number of alkyl halides is 2. The van der Waals surface area contributed by atoms with Gasteiger partial charge >= 0.3 is 0 Å². The Morgan fingerprint density at radius 1 is 0.786 bits per heavy atom. The molecule has 6 nitrogen and oxygen atoms in total. The van der Waals surface area contributed by atoms with Crippen molar-refractivity contribution in [2.75, 3.05) is 11.5 Å². The summed E-state index contributed by atoms with van der Waals surface area (Å²) in [6, 6.07) is 3.04. The standard InChI is InChI=1S/C18H26Cl2N2O4S2/c1-17(19,7-11-5-13(23)21(3)15(11)25)9-27-28-10-18(2,20)8-12-6-14(24)22(4)16(12)26/h5-6,23-26H,7-10H2,1-4H3. The highest BCUT2D eigenvalue weighted by Crippen LogP contribution is 2.39. The predicted molar refractivity (Wildman–Crippen MR) is 118 cm³/mol. The van der Waals surface area contributed by atoms with E-state index in [1.165, 1.54) is 21.3 Å². The molecule has 2 rings (SSSR count). The molecule has 0 aliphatic carbocycles. The second-order valence-electron chi connectivity index (χ2n) is 7.53. The van der Waals surface area contributed by atoms with E-state index >= 15 is 0 Å². The third-order valence-electron chi connectivity index (χ3n) is 4.42. The van der Waals surface area contributed by atoms with Crippen LogP contribution in [0.2, 0.25) is 0 Å². The van der Waals surface area contributed by atoms with Gasteiger partial charge in [0.2, 0.25) is 0 Å². The first kappa shape index (κ1) is 23.3. The highest BCUT2D eigenvalue weighted by molar-refractivity contribution is 8.76. The number of hydrogen-bond donors (Lipinski definition) is 4. The number of nitrogens with zero attached hydrogens (tertiary/aromatic N) is 2. The molecule has 4 N–H and O–H groups in total. The Bertz CT molecular complexity index is 766. The fourth-order valence-corrected chi connectivity index (χ4v) is 6.69. The Labute approximate surface area is 182 Å². The Morgan fingerprint density at radius 2 is 1.11 bits per heavy atom. The number of rotatable bonds is 9. The molecule has 0 aliphatic heterocycles. The molecular formula is C18H26Cl2N2O4S2. The summed E-state index contributed by atoms with van der Waals surface area (Å²) in [5.74, 6) is 1.24. The van der Waals surface area contributed by atoms with Crippen molar-refractivity contribution in [3.05, 3.63) is 23.3 Å². The summed E-state index contributed by atoms with van der Waals surface area (Å²) in [6.07, 6.45) is 0.829. The van der Waals surface area contributed by atoms with E-state index in [0.29, 0.717) is 35.5 Å². The summed E-state index contributed by atoms with van der Waals surface area (Å²) < 4.78 is 2.61. The van der Waals surface area contributed by atoms with Crippen LogP contribution in [0.1, 0.15) is 25.0 Å². The van der Waals surface area contributed by atoms with Crippen molar-refractivity contribution in [3.8, 4) is 23.5 Å². The van der Waals surface area contributed by atoms with Crippen molar-refractivity contribution in [1.29, 1.82) is 0 Å². The lowest BCUT2D eigenvalue weighted by molar-refractivity contribution is 0.383. The molecule has 2 aromatic rings. The van der Waals surface area contributed by atoms with E-state index in [1.54, 1.807) is 35.7 Å². The SMILES string of the molecule is Cn1c(O)cc(CC(C)(Cl)CSSCC(C)(Cl)Cc2cc(O)n(C)c2O)c1O. The molecule has 2 atom stereocenters. The summed E-state index contributed by atoms with van der Waals surface area (Å²) in [5.41, 5.74) is 1.20. The molecule has 158 valence electrons. The fourth-order valence-electron chi connectivity index (χ4n) is 2.77. The minimum Gasteiger partial charge on any atom is -0.494 e. The maximum Gasteiger partial charge on any atom is 0.196 e. The third kappa shape index (κ3) is 5.78. The molecular weight excluding hydrogens is 443 g/mol. The van der Waals surface area contributed by atoms with Crippen molar-refractivity contribution in [2.24, 2.45) is 14.1 Å². The lowest BCUT2D eigenvalue weighted by Gasteiger charge is -2.23. The van der Waals surface area contributed by atoms with E-state index in [1.807, 2.05) is 13.8 Å². The summed E-state index contributed by atoms with van der Waals surface area (Å²) >= 11 is 13.2. The van der Waals surface area contributed by atoms with Gasteiger partial charge in [-0.25, -0.2) is 0 Å². The van der Waals surface area contributed by atoms with Gasteiger partial charge in [-0.05, 0) is 26.7 Å². The molecule has 2 unspecified atom stereocenters. The summed E-state index contributed by atoms with van der Waals surface area (Å²) in [4.78, 5) is -1.20. The zero-order valence-electron chi connectivity index (χ0n) is 16.2. The van der Waals surface area contributed by atoms with E-state index in [4.69, 9.17) is 23.2 Å². The van der Waals surface area contributed by atoms with Crippen LogP contribution in [0.5, 0.6) is 23.5 Å². The van der Waals surface area contributed by atoms with Crippen molar-refractivity contribution in [2.45, 2.75) is 36.4 Å². The van der Waals surface area contributed by atoms with E-state index in [-0.39, 0.29) is 23.5 Å². The molecule has 10 heteroatoms. The zero-order valence-corrected chi connectivity index (χ0v) is 19.4. The first-order valence-corrected chi connectivity index (χ1v) is 11.8. The van der Waals surface area contributed by atoms with Crippen LogP contribution in [0.3, 0.4) is 0 Å². The van der Waals surface area contributed by atoms with Crippen LogP contribution in [0.4, 0.5) is 0 Å². The second-order valence-corrected chi connectivity index (χ2v) is 11.8. The van der Waals surface area contributed by atoms with Crippen LogP contribution in [0.15, 0.2) is 12.1 Å². The number of aromatic hydroxyl groups is 4. The van der Waals surface area contributed by atoms with Gasteiger partial charge in [0, 0.05) is 48.9 Å². The van der Waals surface area contributed by atoms with Gasteiger partial charge in [0.15, 0.2) is 23.5 Å². The Morgan fingerprint density at radius 3 is 1.36 bits per heavy atom. The summed E-state index contributed by atoms with van der Waals surface area (Å²) in [7, 11) is 6.32. The highest BCUT2D eigenvalue weighted by Gasteiger charge is 2.28. The molecule has 0 amide bonds. The lowest BCUT2D eigenvalue weighted by Crippen LogP contribution is -2.24. The van der Waals surface area contributed by atoms with Gasteiger partial charge < -0.3 is 20.4 Å². The molecule has 0 aromatic carbocycles. The monoisotopic (exact) mass is 468 g/mol. The van der Waals surface area contributed by atoms with Gasteiger partial charge in [-0.2, -0.15) is 0 Å². The molecule has 28 heavy (non-hydrogen) atoms. The first-order chi connectivity index (χ1) is 12.8. The maximum atomic E-state index is 10.0.